The van der Waals surface area contributed by atoms with Crippen LogP contribution in [0, 0.1) is 0 Å². The summed E-state index contributed by atoms with van der Waals surface area (Å²) in [6.45, 7) is 1.70. The Morgan fingerprint density at radius 3 is 2.28 bits per heavy atom. The number of nitrogens with zero attached hydrogens (tertiary/aromatic N) is 3. The summed E-state index contributed by atoms with van der Waals surface area (Å²) in [6, 6.07) is 16.8. The van der Waals surface area contributed by atoms with E-state index in [0.29, 0.717) is 48.5 Å². The zero-order chi connectivity index (χ0) is 20.4. The number of benzene rings is 2. The van der Waals surface area contributed by atoms with Crippen molar-refractivity contribution < 1.29 is 18.0 Å². The average molecular weight is 400 g/mol. The van der Waals surface area contributed by atoms with Gasteiger partial charge in [-0.05, 0) is 24.3 Å². The molecule has 2 heterocycles. The van der Waals surface area contributed by atoms with Crippen molar-refractivity contribution in [2.75, 3.05) is 36.4 Å². The van der Waals surface area contributed by atoms with Gasteiger partial charge in [0.1, 0.15) is 5.69 Å². The fourth-order valence-corrected chi connectivity index (χ4v) is 3.44. The third-order valence-electron chi connectivity index (χ3n) is 4.92. The summed E-state index contributed by atoms with van der Waals surface area (Å²) in [7, 11) is 0. The number of amides is 2. The van der Waals surface area contributed by atoms with Crippen LogP contribution in [0.5, 0.6) is 0 Å². The number of hydrogen-bond donors (Lipinski definition) is 1. The smallest absolute Gasteiger partial charge is 0.367 e. The number of nitrogens with one attached hydrogen (secondary N) is 1. The largest absolute Gasteiger partial charge is 0.433 e. The van der Waals surface area contributed by atoms with Crippen LogP contribution in [-0.4, -0.2) is 42.1 Å². The molecule has 1 saturated heterocycles. The molecule has 1 fully saturated rings. The molecule has 4 rings (SSSR count). The molecule has 1 aromatic heterocycles. The van der Waals surface area contributed by atoms with E-state index in [4.69, 9.17) is 0 Å². The highest BCUT2D eigenvalue weighted by atomic mass is 19.4. The van der Waals surface area contributed by atoms with E-state index in [1.54, 1.807) is 41.3 Å². The van der Waals surface area contributed by atoms with Crippen molar-refractivity contribution in [3.8, 4) is 0 Å². The monoisotopic (exact) mass is 400 g/mol. The molecule has 29 heavy (non-hydrogen) atoms. The van der Waals surface area contributed by atoms with Crippen molar-refractivity contribution in [1.82, 2.24) is 9.88 Å². The fourth-order valence-electron chi connectivity index (χ4n) is 3.44. The van der Waals surface area contributed by atoms with Crippen LogP contribution in [0.3, 0.4) is 0 Å². The maximum atomic E-state index is 13.3. The minimum absolute atomic E-state index is 0.216. The summed E-state index contributed by atoms with van der Waals surface area (Å²) < 4.78 is 39.9. The number of para-hydroxylation sites is 2. The highest BCUT2D eigenvalue weighted by Gasteiger charge is 2.34. The third kappa shape index (κ3) is 4.11. The van der Waals surface area contributed by atoms with E-state index in [0.717, 1.165) is 6.07 Å². The van der Waals surface area contributed by atoms with Crippen LogP contribution < -0.4 is 10.2 Å². The average Bonchev–Trinajstić information content (AvgIpc) is 2.73. The molecule has 150 valence electrons. The number of pyridine rings is 1. The molecule has 0 bridgehead atoms. The predicted molar refractivity (Wildman–Crippen MR) is 106 cm³/mol. The molecule has 0 spiro atoms. The molecule has 1 aliphatic heterocycles. The van der Waals surface area contributed by atoms with E-state index in [9.17, 15) is 18.0 Å². The van der Waals surface area contributed by atoms with Gasteiger partial charge in [-0.25, -0.2) is 9.78 Å². The van der Waals surface area contributed by atoms with Crippen molar-refractivity contribution in [3.05, 3.63) is 66.4 Å². The molecule has 0 saturated carbocycles. The Balaban J connectivity index is 1.52. The summed E-state index contributed by atoms with van der Waals surface area (Å²) in [5.74, 6) is 0. The van der Waals surface area contributed by atoms with Crippen LogP contribution >= 0.6 is 0 Å². The number of alkyl halides is 3. The minimum atomic E-state index is -4.52. The second-order valence-electron chi connectivity index (χ2n) is 6.81. The maximum Gasteiger partial charge on any atom is 0.433 e. The standard InChI is InChI=1S/C21H19F3N4O/c22-21(23,24)19-14-18(16-8-4-5-9-17(16)26-19)27-10-12-28(13-11-27)20(29)25-15-6-2-1-3-7-15/h1-9,14H,10-13H2,(H,25,29). The van der Waals surface area contributed by atoms with Crippen LogP contribution in [0.2, 0.25) is 0 Å². The maximum absolute atomic E-state index is 13.3. The molecule has 2 amide bonds. The number of carbonyl (C=O) groups excluding carboxylic acids is 1. The van der Waals surface area contributed by atoms with Gasteiger partial charge in [-0.2, -0.15) is 13.2 Å². The van der Waals surface area contributed by atoms with Crippen molar-refractivity contribution in [2.24, 2.45) is 0 Å². The first-order valence-corrected chi connectivity index (χ1v) is 9.25. The normalized spacial score (nSPS) is 14.9. The van der Waals surface area contributed by atoms with Gasteiger partial charge in [-0.15, -0.1) is 0 Å². The lowest BCUT2D eigenvalue weighted by Crippen LogP contribution is -2.50. The van der Waals surface area contributed by atoms with E-state index in [1.807, 2.05) is 23.1 Å². The van der Waals surface area contributed by atoms with Gasteiger partial charge in [0.2, 0.25) is 0 Å². The summed E-state index contributed by atoms with van der Waals surface area (Å²) in [5, 5.41) is 3.50. The summed E-state index contributed by atoms with van der Waals surface area (Å²) in [6.07, 6.45) is -4.52. The lowest BCUT2D eigenvalue weighted by atomic mass is 10.1. The summed E-state index contributed by atoms with van der Waals surface area (Å²) >= 11 is 0. The van der Waals surface area contributed by atoms with E-state index < -0.39 is 11.9 Å². The highest BCUT2D eigenvalue weighted by molar-refractivity contribution is 5.92. The molecule has 0 atom stereocenters. The van der Waals surface area contributed by atoms with Gasteiger partial charge in [0.25, 0.3) is 0 Å². The second kappa shape index (κ2) is 7.62. The number of piperazine rings is 1. The predicted octanol–water partition coefficient (Wildman–Crippen LogP) is 4.61. The molecule has 1 N–H and O–H groups in total. The molecule has 0 unspecified atom stereocenters. The van der Waals surface area contributed by atoms with Gasteiger partial charge in [0.15, 0.2) is 0 Å². The molecule has 1 aliphatic rings. The Labute approximate surface area is 165 Å². The zero-order valence-corrected chi connectivity index (χ0v) is 15.5. The Hall–Kier alpha value is -3.29. The lowest BCUT2D eigenvalue weighted by Gasteiger charge is -2.36. The number of anilines is 2. The number of rotatable bonds is 2. The highest BCUT2D eigenvalue weighted by Crippen LogP contribution is 2.35. The quantitative estimate of drug-likeness (QED) is 0.684. The topological polar surface area (TPSA) is 48.5 Å². The summed E-state index contributed by atoms with van der Waals surface area (Å²) in [5.41, 5.74) is 0.595. The second-order valence-corrected chi connectivity index (χ2v) is 6.81. The van der Waals surface area contributed by atoms with Crippen LogP contribution in [0.25, 0.3) is 10.9 Å². The lowest BCUT2D eigenvalue weighted by molar-refractivity contribution is -0.140. The third-order valence-corrected chi connectivity index (χ3v) is 4.92. The Bertz CT molecular complexity index is 1020. The van der Waals surface area contributed by atoms with Crippen molar-refractivity contribution >= 4 is 28.3 Å². The molecule has 5 nitrogen and oxygen atoms in total. The Kier molecular flexibility index (Phi) is 5.00. The molecule has 3 aromatic rings. The molecule has 8 heteroatoms. The van der Waals surface area contributed by atoms with Gasteiger partial charge < -0.3 is 15.1 Å². The van der Waals surface area contributed by atoms with Crippen molar-refractivity contribution in [1.29, 1.82) is 0 Å². The van der Waals surface area contributed by atoms with E-state index in [2.05, 4.69) is 10.3 Å². The van der Waals surface area contributed by atoms with E-state index in [1.165, 1.54) is 0 Å². The van der Waals surface area contributed by atoms with Gasteiger partial charge in [0.05, 0.1) is 5.52 Å². The zero-order valence-electron chi connectivity index (χ0n) is 15.5. The first-order valence-electron chi connectivity index (χ1n) is 9.25. The molecular formula is C21H19F3N4O. The van der Waals surface area contributed by atoms with E-state index in [-0.39, 0.29) is 6.03 Å². The molecular weight excluding hydrogens is 381 g/mol. The Morgan fingerprint density at radius 2 is 1.59 bits per heavy atom. The number of halogens is 3. The Morgan fingerprint density at radius 1 is 0.931 bits per heavy atom. The SMILES string of the molecule is O=C(Nc1ccccc1)N1CCN(c2cc(C(F)(F)F)nc3ccccc23)CC1. The molecule has 0 aliphatic carbocycles. The first kappa shape index (κ1) is 19.0. The number of carbonyl (C=O) groups is 1. The van der Waals surface area contributed by atoms with E-state index >= 15 is 0 Å². The van der Waals surface area contributed by atoms with Gasteiger partial charge in [-0.1, -0.05) is 36.4 Å². The summed E-state index contributed by atoms with van der Waals surface area (Å²) in [4.78, 5) is 19.8. The van der Waals surface area contributed by atoms with Crippen LogP contribution in [-0.2, 0) is 6.18 Å². The van der Waals surface area contributed by atoms with Crippen LogP contribution in [0.1, 0.15) is 5.69 Å². The number of urea groups is 1. The number of aromatic nitrogens is 1. The number of hydrogen-bond acceptors (Lipinski definition) is 3. The fraction of sp³-hybridized carbons (Fsp3) is 0.238. The minimum Gasteiger partial charge on any atom is -0.367 e. The van der Waals surface area contributed by atoms with Crippen LogP contribution in [0.15, 0.2) is 60.7 Å². The van der Waals surface area contributed by atoms with Gasteiger partial charge >= 0.3 is 12.2 Å². The van der Waals surface area contributed by atoms with Crippen molar-refractivity contribution in [2.45, 2.75) is 6.18 Å². The van der Waals surface area contributed by atoms with Crippen LogP contribution in [0.4, 0.5) is 29.3 Å². The molecule has 0 radical (unpaired) electrons. The van der Waals surface area contributed by atoms with Crippen molar-refractivity contribution in [3.63, 3.8) is 0 Å². The van der Waals surface area contributed by atoms with Gasteiger partial charge in [-0.3, -0.25) is 0 Å². The number of fused-ring (bicyclic) bond motifs is 1. The molecule has 2 aromatic carbocycles. The first-order chi connectivity index (χ1) is 13.9. The van der Waals surface area contributed by atoms with Gasteiger partial charge in [0, 0.05) is 42.9 Å².